The number of carbonyl (C=O) groups excluding carboxylic acids is 2. The van der Waals surface area contributed by atoms with Crippen molar-refractivity contribution in [3.8, 4) is 0 Å². The normalized spacial score (nSPS) is 8.61. The van der Waals surface area contributed by atoms with Gasteiger partial charge in [-0.15, -0.1) is 0 Å². The van der Waals surface area contributed by atoms with Crippen molar-refractivity contribution < 1.29 is 27.5 Å². The van der Waals surface area contributed by atoms with Crippen LogP contribution in [0.25, 0.3) is 0 Å². The number of esters is 1. The summed E-state index contributed by atoms with van der Waals surface area (Å²) in [6, 6.07) is 10.3. The average Bonchev–Trinajstić information content (AvgIpc) is 2.69. The summed E-state index contributed by atoms with van der Waals surface area (Å²) in [5.41, 5.74) is 1.32. The van der Waals surface area contributed by atoms with E-state index in [9.17, 15) is 18.0 Å². The quantitative estimate of drug-likeness (QED) is 0.633. The molecule has 0 aliphatic rings. The van der Waals surface area contributed by atoms with Gasteiger partial charge in [-0.25, -0.2) is 17.5 Å². The third kappa shape index (κ3) is 58.4. The zero-order chi connectivity index (χ0) is 26.0. The number of rotatable bonds is 1. The van der Waals surface area contributed by atoms with Gasteiger partial charge in [0.05, 0.1) is 20.5 Å². The van der Waals surface area contributed by atoms with E-state index in [1.807, 2.05) is 58.1 Å². The van der Waals surface area contributed by atoms with E-state index in [-0.39, 0.29) is 5.97 Å². The minimum absolute atomic E-state index is 0.245. The summed E-state index contributed by atoms with van der Waals surface area (Å²) in [4.78, 5) is 21.4. The highest BCUT2D eigenvalue weighted by molar-refractivity contribution is 7.88. The van der Waals surface area contributed by atoms with E-state index in [1.165, 1.54) is 47.8 Å². The number of aryl methyl sites for hydroxylation is 1. The molecule has 0 radical (unpaired) electrons. The molecule has 1 aromatic carbocycles. The van der Waals surface area contributed by atoms with Crippen LogP contribution in [0.1, 0.15) is 26.3 Å². The summed E-state index contributed by atoms with van der Waals surface area (Å²) in [5, 5.41) is 2.25. The summed E-state index contributed by atoms with van der Waals surface area (Å²) >= 11 is 0. The topological polar surface area (TPSA) is 105 Å². The number of methoxy groups -OCH3 is 2. The van der Waals surface area contributed by atoms with E-state index in [1.54, 1.807) is 0 Å². The average molecular weight is 468 g/mol. The molecular weight excluding hydrogens is 422 g/mol. The summed E-state index contributed by atoms with van der Waals surface area (Å²) in [6.45, 7) is 7.44. The monoisotopic (exact) mass is 467 g/mol. The van der Waals surface area contributed by atoms with Crippen molar-refractivity contribution in [2.45, 2.75) is 27.7 Å². The van der Waals surface area contributed by atoms with Crippen molar-refractivity contribution in [2.75, 3.05) is 62.8 Å². The Labute approximate surface area is 190 Å². The van der Waals surface area contributed by atoms with Crippen LogP contribution in [0.3, 0.4) is 0 Å². The van der Waals surface area contributed by atoms with Crippen LogP contribution < -0.4 is 5.32 Å². The maximum absolute atomic E-state index is 10.3. The molecule has 0 unspecified atom stereocenters. The number of hydrogen-bond donors (Lipinski definition) is 1. The molecule has 0 heterocycles. The Kier molecular flexibility index (Phi) is 35.3. The number of amides is 1. The Bertz CT molecular complexity index is 598. The summed E-state index contributed by atoms with van der Waals surface area (Å²) in [6.07, 6.45) is 0.752. The first kappa shape index (κ1) is 39.3. The fraction of sp³-hybridized carbons (Fsp3) is 0.619. The second kappa shape index (κ2) is 27.8. The van der Waals surface area contributed by atoms with Crippen LogP contribution >= 0.6 is 0 Å². The van der Waals surface area contributed by atoms with Crippen molar-refractivity contribution in [2.24, 2.45) is 0 Å². The molecule has 0 bridgehead atoms. The number of ether oxygens (including phenoxy) is 2. The highest BCUT2D eigenvalue weighted by Gasteiger charge is 2.00. The number of hydrogen-bond acceptors (Lipinski definition) is 7. The molecule has 0 aliphatic heterocycles. The molecular formula is C21H45N3O6S. The van der Waals surface area contributed by atoms with Gasteiger partial charge in [-0.1, -0.05) is 49.7 Å². The lowest BCUT2D eigenvalue weighted by Crippen LogP contribution is -2.19. The number of nitrogens with one attached hydrogen (secondary N) is 1. The molecule has 1 amide bonds. The lowest BCUT2D eigenvalue weighted by molar-refractivity contribution is -0.137. The summed E-state index contributed by atoms with van der Waals surface area (Å²) in [7, 11) is 10.3. The summed E-state index contributed by atoms with van der Waals surface area (Å²) < 4.78 is 29.9. The summed E-state index contributed by atoms with van der Waals surface area (Å²) in [5.74, 6) is -0.245. The molecule has 0 aliphatic carbocycles. The molecule has 10 heteroatoms. The smallest absolute Gasteiger partial charge is 0.406 e. The Morgan fingerprint density at radius 1 is 0.903 bits per heavy atom. The Morgan fingerprint density at radius 2 is 1.19 bits per heavy atom. The highest BCUT2D eigenvalue weighted by Crippen LogP contribution is 1.92. The molecule has 1 aromatic rings. The van der Waals surface area contributed by atoms with Gasteiger partial charge < -0.3 is 19.7 Å². The zero-order valence-electron chi connectivity index (χ0n) is 21.6. The Hall–Kier alpha value is -2.17. The third-order valence-electron chi connectivity index (χ3n) is 2.28. The van der Waals surface area contributed by atoms with Gasteiger partial charge in [0.1, 0.15) is 0 Å². The maximum atomic E-state index is 10.3. The molecule has 0 fully saturated rings. The molecule has 186 valence electrons. The molecule has 0 spiro atoms. The molecule has 0 aromatic heterocycles. The number of nitrogens with zero attached hydrogens (tertiary/aromatic N) is 2. The Morgan fingerprint density at radius 3 is 1.26 bits per heavy atom. The van der Waals surface area contributed by atoms with Gasteiger partial charge in [-0.3, -0.25) is 4.79 Å². The molecule has 1 N–H and O–H groups in total. The second-order valence-corrected chi connectivity index (χ2v) is 8.18. The van der Waals surface area contributed by atoms with Crippen LogP contribution in [-0.2, 0) is 24.3 Å². The standard InChI is InChI=1S/C7H8.C3H9NO2S.C3H7NO2.C3H9N.C3H6O2.C2H6/c1-7-5-3-2-4-6-7;1-4(2)7(3,5)6;1-4-3(5)6-2;1-4(2)3;1-3(4)5-2;1-2/h2-6H,1H3;1-3H3;1-2H3,(H,4,5);1-3H3;1-2H3;1-2H3. The van der Waals surface area contributed by atoms with Gasteiger partial charge in [0.2, 0.25) is 10.0 Å². The van der Waals surface area contributed by atoms with E-state index >= 15 is 0 Å². The third-order valence-corrected chi connectivity index (χ3v) is 3.61. The zero-order valence-corrected chi connectivity index (χ0v) is 22.5. The van der Waals surface area contributed by atoms with E-state index in [4.69, 9.17) is 0 Å². The molecule has 0 saturated carbocycles. The predicted molar refractivity (Wildman–Crippen MR) is 130 cm³/mol. The van der Waals surface area contributed by atoms with Crippen molar-refractivity contribution >= 4 is 22.1 Å². The number of sulfonamides is 1. The van der Waals surface area contributed by atoms with Crippen LogP contribution in [0, 0.1) is 6.92 Å². The largest absolute Gasteiger partial charge is 0.469 e. The molecule has 0 saturated heterocycles. The number of alkyl carbamates (subject to hydrolysis) is 1. The maximum Gasteiger partial charge on any atom is 0.406 e. The molecule has 0 atom stereocenters. The van der Waals surface area contributed by atoms with Crippen molar-refractivity contribution in [3.63, 3.8) is 0 Å². The molecule has 1 rings (SSSR count). The first-order chi connectivity index (χ1) is 14.1. The fourth-order valence-corrected chi connectivity index (χ4v) is 0.636. The van der Waals surface area contributed by atoms with Crippen molar-refractivity contribution in [3.05, 3.63) is 35.9 Å². The van der Waals surface area contributed by atoms with Crippen LogP contribution in [0.15, 0.2) is 30.3 Å². The number of carbonyl (C=O) groups is 2. The van der Waals surface area contributed by atoms with E-state index in [0.717, 1.165) is 10.6 Å². The minimum atomic E-state index is -2.91. The SMILES string of the molecule is CC.CN(C)C.CN(C)S(C)(=O)=O.CNC(=O)OC.COC(C)=O.Cc1ccccc1. The first-order valence-electron chi connectivity index (χ1n) is 9.45. The van der Waals surface area contributed by atoms with Crippen LogP contribution in [0.5, 0.6) is 0 Å². The van der Waals surface area contributed by atoms with Crippen LogP contribution in [-0.4, -0.2) is 92.4 Å². The molecule has 9 nitrogen and oxygen atoms in total. The van der Waals surface area contributed by atoms with Crippen molar-refractivity contribution in [1.29, 1.82) is 0 Å². The van der Waals surface area contributed by atoms with Crippen molar-refractivity contribution in [1.82, 2.24) is 14.5 Å². The number of benzene rings is 1. The van der Waals surface area contributed by atoms with E-state index < -0.39 is 16.1 Å². The second-order valence-electron chi connectivity index (χ2n) is 5.98. The first-order valence-corrected chi connectivity index (χ1v) is 11.3. The lowest BCUT2D eigenvalue weighted by atomic mass is 10.2. The van der Waals surface area contributed by atoms with E-state index in [2.05, 4.69) is 33.8 Å². The predicted octanol–water partition coefficient (Wildman–Crippen LogP) is 2.86. The minimum Gasteiger partial charge on any atom is -0.469 e. The van der Waals surface area contributed by atoms with Gasteiger partial charge in [-0.2, -0.15) is 0 Å². The van der Waals surface area contributed by atoms with Gasteiger partial charge in [-0.05, 0) is 28.1 Å². The van der Waals surface area contributed by atoms with Crippen LogP contribution in [0.2, 0.25) is 0 Å². The van der Waals surface area contributed by atoms with Gasteiger partial charge in [0, 0.05) is 28.1 Å². The van der Waals surface area contributed by atoms with E-state index in [0.29, 0.717) is 0 Å². The molecule has 31 heavy (non-hydrogen) atoms. The van der Waals surface area contributed by atoms with Gasteiger partial charge in [0.15, 0.2) is 0 Å². The lowest BCUT2D eigenvalue weighted by Gasteiger charge is -2.02. The van der Waals surface area contributed by atoms with Crippen LogP contribution in [0.4, 0.5) is 4.79 Å². The highest BCUT2D eigenvalue weighted by atomic mass is 32.2. The fourth-order valence-electron chi connectivity index (χ4n) is 0.636. The van der Waals surface area contributed by atoms with Gasteiger partial charge >= 0.3 is 12.1 Å². The Balaban J connectivity index is -0.0000000902. The van der Waals surface area contributed by atoms with Gasteiger partial charge in [0.25, 0.3) is 0 Å².